The molecular weight excluding hydrogens is 342 g/mol. The minimum atomic E-state index is -0.0432. The Labute approximate surface area is 160 Å². The minimum absolute atomic E-state index is 0.0432. The van der Waals surface area contributed by atoms with E-state index in [1.807, 2.05) is 24.0 Å². The van der Waals surface area contributed by atoms with Crippen LogP contribution in [0.3, 0.4) is 0 Å². The van der Waals surface area contributed by atoms with E-state index < -0.39 is 0 Å². The summed E-state index contributed by atoms with van der Waals surface area (Å²) in [6.07, 6.45) is 3.40. The van der Waals surface area contributed by atoms with Crippen LogP contribution in [-0.2, 0) is 13.0 Å². The molecule has 2 fully saturated rings. The normalized spacial score (nSPS) is 19.9. The number of rotatable bonds is 5. The first-order chi connectivity index (χ1) is 13.2. The highest BCUT2D eigenvalue weighted by atomic mass is 16.5. The molecule has 4 rings (SSSR count). The topological polar surface area (TPSA) is 58.8 Å². The number of hydrogen-bond acceptors (Lipinski definition) is 5. The van der Waals surface area contributed by atoms with Gasteiger partial charge in [-0.1, -0.05) is 24.2 Å². The first kappa shape index (κ1) is 18.0. The van der Waals surface area contributed by atoms with Crippen LogP contribution in [0.25, 0.3) is 0 Å². The van der Waals surface area contributed by atoms with Gasteiger partial charge in [0.05, 0.1) is 5.56 Å². The fraction of sp³-hybridized carbons (Fsp3) is 0.524. The lowest BCUT2D eigenvalue weighted by atomic mass is 10.1. The summed E-state index contributed by atoms with van der Waals surface area (Å²) in [7, 11) is 0. The van der Waals surface area contributed by atoms with Crippen molar-refractivity contribution in [1.29, 1.82) is 0 Å². The molecule has 0 bridgehead atoms. The molecule has 0 N–H and O–H groups in total. The van der Waals surface area contributed by atoms with Crippen LogP contribution in [-0.4, -0.2) is 53.1 Å². The van der Waals surface area contributed by atoms with Gasteiger partial charge in [0.2, 0.25) is 0 Å². The molecule has 1 amide bonds. The SMILES string of the molecule is CCc1ccc(OCc2c(C(=O)N3CCN4CCCC4C3)noc2C)cc1. The van der Waals surface area contributed by atoms with Crippen molar-refractivity contribution in [3.05, 3.63) is 46.8 Å². The van der Waals surface area contributed by atoms with Gasteiger partial charge in [-0.2, -0.15) is 0 Å². The molecular formula is C21H27N3O3. The monoisotopic (exact) mass is 369 g/mol. The highest BCUT2D eigenvalue weighted by molar-refractivity contribution is 5.94. The number of aromatic nitrogens is 1. The average molecular weight is 369 g/mol. The van der Waals surface area contributed by atoms with Crippen LogP contribution in [0, 0.1) is 6.92 Å². The molecule has 6 heteroatoms. The molecule has 2 aromatic rings. The van der Waals surface area contributed by atoms with Crippen molar-refractivity contribution in [3.8, 4) is 5.75 Å². The summed E-state index contributed by atoms with van der Waals surface area (Å²) >= 11 is 0. The van der Waals surface area contributed by atoms with Crippen molar-refractivity contribution in [2.75, 3.05) is 26.2 Å². The summed E-state index contributed by atoms with van der Waals surface area (Å²) in [5.41, 5.74) is 2.41. The van der Waals surface area contributed by atoms with Gasteiger partial charge in [0.25, 0.3) is 5.91 Å². The Morgan fingerprint density at radius 2 is 2.07 bits per heavy atom. The summed E-state index contributed by atoms with van der Waals surface area (Å²) in [6, 6.07) is 8.53. The molecule has 2 saturated heterocycles. The second-order valence-electron chi connectivity index (χ2n) is 7.44. The maximum Gasteiger partial charge on any atom is 0.276 e. The number of aryl methyl sites for hydroxylation is 2. The zero-order valence-electron chi connectivity index (χ0n) is 16.1. The van der Waals surface area contributed by atoms with Gasteiger partial charge in [-0.05, 0) is 50.4 Å². The van der Waals surface area contributed by atoms with Gasteiger partial charge >= 0.3 is 0 Å². The molecule has 6 nitrogen and oxygen atoms in total. The second kappa shape index (κ2) is 7.72. The zero-order valence-corrected chi connectivity index (χ0v) is 16.1. The van der Waals surface area contributed by atoms with E-state index in [0.29, 0.717) is 17.5 Å². The third-order valence-electron chi connectivity index (χ3n) is 5.78. The number of piperazine rings is 1. The lowest BCUT2D eigenvalue weighted by Gasteiger charge is -2.37. The summed E-state index contributed by atoms with van der Waals surface area (Å²) < 4.78 is 11.2. The number of carbonyl (C=O) groups is 1. The Bertz CT molecular complexity index is 800. The number of ether oxygens (including phenoxy) is 1. The minimum Gasteiger partial charge on any atom is -0.489 e. The molecule has 0 radical (unpaired) electrons. The van der Waals surface area contributed by atoms with Crippen molar-refractivity contribution in [2.45, 2.75) is 45.8 Å². The molecule has 0 spiro atoms. The third-order valence-corrected chi connectivity index (χ3v) is 5.78. The molecule has 0 aliphatic carbocycles. The second-order valence-corrected chi connectivity index (χ2v) is 7.44. The van der Waals surface area contributed by atoms with E-state index in [2.05, 4.69) is 29.1 Å². The Morgan fingerprint density at radius 3 is 2.85 bits per heavy atom. The molecule has 144 valence electrons. The van der Waals surface area contributed by atoms with E-state index in [9.17, 15) is 4.79 Å². The van der Waals surface area contributed by atoms with Crippen molar-refractivity contribution in [2.24, 2.45) is 0 Å². The van der Waals surface area contributed by atoms with E-state index >= 15 is 0 Å². The van der Waals surface area contributed by atoms with Crippen LogP contribution in [0.4, 0.5) is 0 Å². The highest BCUT2D eigenvalue weighted by Crippen LogP contribution is 2.24. The van der Waals surface area contributed by atoms with Crippen LogP contribution in [0.5, 0.6) is 5.75 Å². The van der Waals surface area contributed by atoms with E-state index in [1.165, 1.54) is 18.4 Å². The number of benzene rings is 1. The van der Waals surface area contributed by atoms with Crippen molar-refractivity contribution in [3.63, 3.8) is 0 Å². The van der Waals surface area contributed by atoms with Crippen molar-refractivity contribution < 1.29 is 14.1 Å². The predicted octanol–water partition coefficient (Wildman–Crippen LogP) is 3.04. The maximum atomic E-state index is 13.0. The molecule has 2 aliphatic rings. The lowest BCUT2D eigenvalue weighted by molar-refractivity contribution is 0.0559. The van der Waals surface area contributed by atoms with Gasteiger partial charge in [0.1, 0.15) is 18.1 Å². The number of nitrogens with zero attached hydrogens (tertiary/aromatic N) is 3. The standard InChI is InChI=1S/C21H27N3O3/c1-3-16-6-8-18(9-7-16)26-14-19-15(2)27-22-20(19)21(25)24-12-11-23-10-4-5-17(23)13-24/h6-9,17H,3-5,10-14H2,1-2H3. The third kappa shape index (κ3) is 3.72. The quantitative estimate of drug-likeness (QED) is 0.811. The van der Waals surface area contributed by atoms with E-state index in [1.54, 1.807) is 0 Å². The summed E-state index contributed by atoms with van der Waals surface area (Å²) in [5.74, 6) is 1.38. The van der Waals surface area contributed by atoms with Crippen molar-refractivity contribution in [1.82, 2.24) is 15.0 Å². The zero-order chi connectivity index (χ0) is 18.8. The highest BCUT2D eigenvalue weighted by Gasteiger charge is 2.34. The molecule has 2 aliphatic heterocycles. The summed E-state index contributed by atoms with van der Waals surface area (Å²) in [4.78, 5) is 17.5. The molecule has 1 aromatic carbocycles. The fourth-order valence-electron chi connectivity index (χ4n) is 4.03. The predicted molar refractivity (Wildman–Crippen MR) is 102 cm³/mol. The van der Waals surface area contributed by atoms with Crippen LogP contribution < -0.4 is 4.74 Å². The molecule has 3 heterocycles. The summed E-state index contributed by atoms with van der Waals surface area (Å²) in [6.45, 7) is 7.88. The van der Waals surface area contributed by atoms with E-state index in [0.717, 1.165) is 43.9 Å². The van der Waals surface area contributed by atoms with Gasteiger partial charge in [-0.15, -0.1) is 0 Å². The molecule has 27 heavy (non-hydrogen) atoms. The number of fused-ring (bicyclic) bond motifs is 1. The fourth-order valence-corrected chi connectivity index (χ4v) is 4.03. The molecule has 1 atom stereocenters. The average Bonchev–Trinajstić information content (AvgIpc) is 3.32. The van der Waals surface area contributed by atoms with Gasteiger partial charge in [0.15, 0.2) is 5.69 Å². The van der Waals surface area contributed by atoms with Crippen LogP contribution >= 0.6 is 0 Å². The Kier molecular flexibility index (Phi) is 5.16. The van der Waals surface area contributed by atoms with Crippen molar-refractivity contribution >= 4 is 5.91 Å². The first-order valence-corrected chi connectivity index (χ1v) is 9.86. The molecule has 1 aromatic heterocycles. The number of amides is 1. The van der Waals surface area contributed by atoms with Crippen LogP contribution in [0.2, 0.25) is 0 Å². The Morgan fingerprint density at radius 1 is 1.26 bits per heavy atom. The number of carbonyl (C=O) groups excluding carboxylic acids is 1. The maximum absolute atomic E-state index is 13.0. The Balaban J connectivity index is 1.45. The van der Waals surface area contributed by atoms with E-state index in [-0.39, 0.29) is 12.5 Å². The van der Waals surface area contributed by atoms with Crippen LogP contribution in [0.1, 0.15) is 47.1 Å². The van der Waals surface area contributed by atoms with Gasteiger partial charge < -0.3 is 14.2 Å². The molecule has 1 unspecified atom stereocenters. The molecule has 0 saturated carbocycles. The Hall–Kier alpha value is -2.34. The van der Waals surface area contributed by atoms with Gasteiger partial charge in [-0.3, -0.25) is 9.69 Å². The van der Waals surface area contributed by atoms with Crippen LogP contribution in [0.15, 0.2) is 28.8 Å². The van der Waals surface area contributed by atoms with Gasteiger partial charge in [-0.25, -0.2) is 0 Å². The van der Waals surface area contributed by atoms with Gasteiger partial charge in [0, 0.05) is 25.7 Å². The van der Waals surface area contributed by atoms with E-state index in [4.69, 9.17) is 9.26 Å². The number of hydrogen-bond donors (Lipinski definition) is 0. The summed E-state index contributed by atoms with van der Waals surface area (Å²) in [5, 5.41) is 4.06. The largest absolute Gasteiger partial charge is 0.489 e. The first-order valence-electron chi connectivity index (χ1n) is 9.86. The lowest BCUT2D eigenvalue weighted by Crippen LogP contribution is -2.52. The smallest absolute Gasteiger partial charge is 0.276 e.